The van der Waals surface area contributed by atoms with Gasteiger partial charge in [-0.1, -0.05) is 31.2 Å². The fraction of sp³-hybridized carbons (Fsp3) is 0.400. The Bertz CT molecular complexity index is 800. The van der Waals surface area contributed by atoms with E-state index in [1.807, 2.05) is 0 Å². The van der Waals surface area contributed by atoms with Crippen molar-refractivity contribution in [2.45, 2.75) is 38.0 Å². The van der Waals surface area contributed by atoms with Gasteiger partial charge in [0.15, 0.2) is 11.6 Å². The van der Waals surface area contributed by atoms with Gasteiger partial charge >= 0.3 is 0 Å². The van der Waals surface area contributed by atoms with Crippen molar-refractivity contribution < 1.29 is 23.0 Å². The number of aliphatic hydroxyl groups excluding tert-OH is 1. The average Bonchev–Trinajstić information content (AvgIpc) is 2.88. The summed E-state index contributed by atoms with van der Waals surface area (Å²) in [4.78, 5) is 0. The lowest BCUT2D eigenvalue weighted by atomic mass is 9.70. The Hall–Kier alpha value is -1.89. The predicted octanol–water partition coefficient (Wildman–Crippen LogP) is 3.64. The molecular weight excluding hydrogens is 343 g/mol. The molecule has 0 heterocycles. The standard InChI is InChI=1S/C20H22F3NO2/c1-19(12-25)9-14(26-11-13-6-7-17(22)18(23)8-13)10-20(19,24)15-4-2-3-5-16(15)21/h2-8,14,25H,9-12,24H2,1H3/t14-,19+,20-/m1/s1. The highest BCUT2D eigenvalue weighted by molar-refractivity contribution is 5.31. The molecule has 0 saturated heterocycles. The first-order valence-electron chi connectivity index (χ1n) is 8.49. The Morgan fingerprint density at radius 1 is 1.08 bits per heavy atom. The summed E-state index contributed by atoms with van der Waals surface area (Å²) in [6.07, 6.45) is 0.400. The van der Waals surface area contributed by atoms with Crippen LogP contribution in [0.5, 0.6) is 0 Å². The van der Waals surface area contributed by atoms with Crippen LogP contribution < -0.4 is 5.73 Å². The molecule has 3 atom stereocenters. The molecule has 1 aliphatic carbocycles. The van der Waals surface area contributed by atoms with Crippen LogP contribution in [0.2, 0.25) is 0 Å². The minimum Gasteiger partial charge on any atom is -0.396 e. The van der Waals surface area contributed by atoms with Crippen molar-refractivity contribution in [2.24, 2.45) is 11.1 Å². The van der Waals surface area contributed by atoms with Gasteiger partial charge in [0.1, 0.15) is 5.82 Å². The maximum atomic E-state index is 14.3. The van der Waals surface area contributed by atoms with Gasteiger partial charge in [-0.3, -0.25) is 0 Å². The predicted molar refractivity (Wildman–Crippen MR) is 91.6 cm³/mol. The maximum absolute atomic E-state index is 14.3. The molecule has 140 valence electrons. The third kappa shape index (κ3) is 3.24. The largest absolute Gasteiger partial charge is 0.396 e. The molecule has 0 aromatic heterocycles. The summed E-state index contributed by atoms with van der Waals surface area (Å²) in [5, 5.41) is 9.93. The molecule has 0 radical (unpaired) electrons. The summed E-state index contributed by atoms with van der Waals surface area (Å²) >= 11 is 0. The van der Waals surface area contributed by atoms with E-state index >= 15 is 0 Å². The minimum atomic E-state index is -1.09. The maximum Gasteiger partial charge on any atom is 0.159 e. The van der Waals surface area contributed by atoms with Crippen LogP contribution >= 0.6 is 0 Å². The number of hydrogen-bond donors (Lipinski definition) is 2. The van der Waals surface area contributed by atoms with E-state index in [0.717, 1.165) is 12.1 Å². The number of nitrogens with two attached hydrogens (primary N) is 1. The summed E-state index contributed by atoms with van der Waals surface area (Å²) in [6.45, 7) is 1.67. The SMILES string of the molecule is C[C@@]1(CO)C[C@@H](OCc2ccc(F)c(F)c2)C[C@@]1(N)c1ccccc1F. The van der Waals surface area contributed by atoms with E-state index in [2.05, 4.69) is 0 Å². The van der Waals surface area contributed by atoms with Gasteiger partial charge in [-0.05, 0) is 36.6 Å². The summed E-state index contributed by atoms with van der Waals surface area (Å²) in [5.41, 5.74) is 5.56. The lowest BCUT2D eigenvalue weighted by Crippen LogP contribution is -2.50. The topological polar surface area (TPSA) is 55.5 Å². The normalized spacial score (nSPS) is 28.5. The highest BCUT2D eigenvalue weighted by Crippen LogP contribution is 2.52. The Kier molecular flexibility index (Phi) is 5.10. The van der Waals surface area contributed by atoms with E-state index in [4.69, 9.17) is 10.5 Å². The van der Waals surface area contributed by atoms with Crippen molar-refractivity contribution in [1.29, 1.82) is 0 Å². The zero-order valence-corrected chi connectivity index (χ0v) is 14.5. The average molecular weight is 365 g/mol. The quantitative estimate of drug-likeness (QED) is 0.851. The van der Waals surface area contributed by atoms with E-state index in [0.29, 0.717) is 24.0 Å². The minimum absolute atomic E-state index is 0.0801. The van der Waals surface area contributed by atoms with Gasteiger partial charge in [-0.2, -0.15) is 0 Å². The lowest BCUT2D eigenvalue weighted by molar-refractivity contribution is 0.0305. The van der Waals surface area contributed by atoms with Gasteiger partial charge in [-0.25, -0.2) is 13.2 Å². The second kappa shape index (κ2) is 7.02. The van der Waals surface area contributed by atoms with Crippen molar-refractivity contribution in [1.82, 2.24) is 0 Å². The molecule has 0 aliphatic heterocycles. The number of ether oxygens (including phenoxy) is 1. The van der Waals surface area contributed by atoms with Gasteiger partial charge in [0.25, 0.3) is 0 Å². The van der Waals surface area contributed by atoms with Crippen LogP contribution in [-0.2, 0) is 16.9 Å². The number of aliphatic hydroxyl groups is 1. The van der Waals surface area contributed by atoms with Crippen LogP contribution in [0.1, 0.15) is 30.9 Å². The van der Waals surface area contributed by atoms with Crippen LogP contribution in [0.4, 0.5) is 13.2 Å². The molecule has 3 N–H and O–H groups in total. The molecule has 26 heavy (non-hydrogen) atoms. The zero-order valence-electron chi connectivity index (χ0n) is 14.5. The first-order valence-corrected chi connectivity index (χ1v) is 8.49. The Morgan fingerprint density at radius 3 is 2.46 bits per heavy atom. The molecule has 0 unspecified atom stereocenters. The third-order valence-electron chi connectivity index (χ3n) is 5.48. The van der Waals surface area contributed by atoms with E-state index in [9.17, 15) is 18.3 Å². The summed E-state index contributed by atoms with van der Waals surface area (Å²) in [6, 6.07) is 9.85. The molecule has 0 spiro atoms. The highest BCUT2D eigenvalue weighted by atomic mass is 19.2. The molecular formula is C20H22F3NO2. The Labute approximate surface area is 150 Å². The van der Waals surface area contributed by atoms with Crippen LogP contribution in [0.3, 0.4) is 0 Å². The van der Waals surface area contributed by atoms with Crippen molar-refractivity contribution in [3.63, 3.8) is 0 Å². The van der Waals surface area contributed by atoms with Crippen molar-refractivity contribution >= 4 is 0 Å². The van der Waals surface area contributed by atoms with E-state index in [-0.39, 0.29) is 19.3 Å². The zero-order chi connectivity index (χ0) is 18.9. The third-order valence-corrected chi connectivity index (χ3v) is 5.48. The van der Waals surface area contributed by atoms with Gasteiger partial charge in [0, 0.05) is 11.0 Å². The van der Waals surface area contributed by atoms with Crippen LogP contribution in [-0.4, -0.2) is 17.8 Å². The molecule has 0 amide bonds. The van der Waals surface area contributed by atoms with Crippen molar-refractivity contribution in [3.8, 4) is 0 Å². The van der Waals surface area contributed by atoms with E-state index in [1.54, 1.807) is 25.1 Å². The second-order valence-corrected chi connectivity index (χ2v) is 7.26. The van der Waals surface area contributed by atoms with Crippen LogP contribution in [0.25, 0.3) is 0 Å². The fourth-order valence-corrected chi connectivity index (χ4v) is 3.79. The number of rotatable bonds is 5. The highest BCUT2D eigenvalue weighted by Gasteiger charge is 2.55. The molecule has 3 nitrogen and oxygen atoms in total. The number of hydrogen-bond acceptors (Lipinski definition) is 3. The molecule has 0 bridgehead atoms. The van der Waals surface area contributed by atoms with Gasteiger partial charge in [0.05, 0.1) is 24.9 Å². The fourth-order valence-electron chi connectivity index (χ4n) is 3.79. The summed E-state index contributed by atoms with van der Waals surface area (Å²) < 4.78 is 46.5. The van der Waals surface area contributed by atoms with E-state index in [1.165, 1.54) is 12.1 Å². The van der Waals surface area contributed by atoms with Crippen LogP contribution in [0, 0.1) is 22.9 Å². The molecule has 1 aliphatic rings. The summed E-state index contributed by atoms with van der Waals surface area (Å²) in [7, 11) is 0. The van der Waals surface area contributed by atoms with Crippen molar-refractivity contribution in [3.05, 3.63) is 71.0 Å². The smallest absolute Gasteiger partial charge is 0.159 e. The Balaban J connectivity index is 1.79. The summed E-state index contributed by atoms with van der Waals surface area (Å²) in [5.74, 6) is -2.27. The van der Waals surface area contributed by atoms with Gasteiger partial charge in [0.2, 0.25) is 0 Å². The van der Waals surface area contributed by atoms with E-state index < -0.39 is 28.4 Å². The number of benzene rings is 2. The molecule has 6 heteroatoms. The monoisotopic (exact) mass is 365 g/mol. The van der Waals surface area contributed by atoms with Gasteiger partial charge in [-0.15, -0.1) is 0 Å². The van der Waals surface area contributed by atoms with Crippen molar-refractivity contribution in [2.75, 3.05) is 6.61 Å². The molecule has 2 aromatic carbocycles. The lowest BCUT2D eigenvalue weighted by Gasteiger charge is -2.39. The first-order chi connectivity index (χ1) is 12.3. The molecule has 2 aromatic rings. The second-order valence-electron chi connectivity index (χ2n) is 7.26. The Morgan fingerprint density at radius 2 is 1.81 bits per heavy atom. The number of halogens is 3. The van der Waals surface area contributed by atoms with Crippen LogP contribution in [0.15, 0.2) is 42.5 Å². The first kappa shape index (κ1) is 18.9. The molecule has 1 saturated carbocycles. The molecule has 3 rings (SSSR count). The van der Waals surface area contributed by atoms with Gasteiger partial charge < -0.3 is 15.6 Å². The molecule has 1 fully saturated rings.